The van der Waals surface area contributed by atoms with Crippen molar-refractivity contribution in [1.82, 2.24) is 9.80 Å². The van der Waals surface area contributed by atoms with E-state index in [1.54, 1.807) is 12.0 Å². The fraction of sp³-hybridized carbons (Fsp3) is 0.556. The van der Waals surface area contributed by atoms with Gasteiger partial charge in [0.05, 0.1) is 13.7 Å². The molecule has 1 aliphatic rings. The largest absolute Gasteiger partial charge is 0.497 e. The highest BCUT2D eigenvalue weighted by Gasteiger charge is 2.26. The number of ether oxygens (including phenoxy) is 2. The first-order valence-electron chi connectivity index (χ1n) is 8.44. The lowest BCUT2D eigenvalue weighted by atomic mass is 10.2. The maximum absolute atomic E-state index is 12.1. The van der Waals surface area contributed by atoms with E-state index in [9.17, 15) is 4.79 Å². The molecule has 0 unspecified atom stereocenters. The Morgan fingerprint density at radius 1 is 1.19 bits per heavy atom. The van der Waals surface area contributed by atoms with Gasteiger partial charge in [-0.15, -0.1) is 24.0 Å². The summed E-state index contributed by atoms with van der Waals surface area (Å²) in [4.78, 5) is 20.2. The van der Waals surface area contributed by atoms with Crippen molar-refractivity contribution in [2.45, 2.75) is 32.9 Å². The molecule has 8 heteroatoms. The number of hydrogen-bond donors (Lipinski definition) is 1. The van der Waals surface area contributed by atoms with Crippen LogP contribution in [0.1, 0.15) is 26.3 Å². The monoisotopic (exact) mass is 476 g/mol. The molecule has 1 fully saturated rings. The van der Waals surface area contributed by atoms with Gasteiger partial charge in [0.15, 0.2) is 5.96 Å². The summed E-state index contributed by atoms with van der Waals surface area (Å²) in [5.74, 6) is 1.30. The van der Waals surface area contributed by atoms with Gasteiger partial charge < -0.3 is 25.0 Å². The third kappa shape index (κ3) is 6.89. The molecule has 2 N–H and O–H groups in total. The highest BCUT2D eigenvalue weighted by molar-refractivity contribution is 14.0. The van der Waals surface area contributed by atoms with Gasteiger partial charge in [0.1, 0.15) is 11.4 Å². The number of piperazine rings is 1. The Hall–Kier alpha value is -1.71. The van der Waals surface area contributed by atoms with E-state index in [1.807, 2.05) is 49.9 Å². The maximum Gasteiger partial charge on any atom is 0.410 e. The number of rotatable bonds is 3. The molecule has 7 nitrogen and oxygen atoms in total. The second kappa shape index (κ2) is 9.84. The number of benzene rings is 1. The smallest absolute Gasteiger partial charge is 0.410 e. The first-order valence-corrected chi connectivity index (χ1v) is 8.44. The predicted octanol–water partition coefficient (Wildman–Crippen LogP) is 2.68. The Bertz CT molecular complexity index is 623. The summed E-state index contributed by atoms with van der Waals surface area (Å²) in [5, 5.41) is 0. The molecule has 0 aliphatic carbocycles. The summed E-state index contributed by atoms with van der Waals surface area (Å²) in [7, 11) is 1.64. The number of methoxy groups -OCH3 is 1. The molecule has 1 aromatic rings. The van der Waals surface area contributed by atoms with E-state index in [4.69, 9.17) is 15.2 Å². The zero-order valence-electron chi connectivity index (χ0n) is 15.9. The van der Waals surface area contributed by atoms with Gasteiger partial charge in [-0.25, -0.2) is 9.79 Å². The number of amides is 1. The van der Waals surface area contributed by atoms with Gasteiger partial charge in [-0.1, -0.05) is 12.1 Å². The molecule has 0 aromatic heterocycles. The van der Waals surface area contributed by atoms with Gasteiger partial charge in [0.2, 0.25) is 0 Å². The molecule has 1 amide bonds. The average molecular weight is 476 g/mol. The van der Waals surface area contributed by atoms with Gasteiger partial charge >= 0.3 is 6.09 Å². The molecule has 26 heavy (non-hydrogen) atoms. The molecule has 1 heterocycles. The minimum absolute atomic E-state index is 0. The molecule has 0 atom stereocenters. The summed E-state index contributed by atoms with van der Waals surface area (Å²) in [6.07, 6.45) is -0.279. The Balaban J connectivity index is 0.00000338. The summed E-state index contributed by atoms with van der Waals surface area (Å²) < 4.78 is 10.6. The van der Waals surface area contributed by atoms with E-state index < -0.39 is 5.60 Å². The van der Waals surface area contributed by atoms with E-state index in [0.717, 1.165) is 11.3 Å². The van der Waals surface area contributed by atoms with Crippen LogP contribution >= 0.6 is 24.0 Å². The predicted molar refractivity (Wildman–Crippen MR) is 113 cm³/mol. The zero-order chi connectivity index (χ0) is 18.4. The Labute approximate surface area is 172 Å². The Kier molecular flexibility index (Phi) is 8.45. The number of halogens is 1. The summed E-state index contributed by atoms with van der Waals surface area (Å²) in [5.41, 5.74) is 6.66. The number of nitrogens with two attached hydrogens (primary N) is 1. The zero-order valence-corrected chi connectivity index (χ0v) is 18.2. The second-order valence-electron chi connectivity index (χ2n) is 6.98. The number of nitrogens with zero attached hydrogens (tertiary/aromatic N) is 3. The molecular weight excluding hydrogens is 447 g/mol. The minimum atomic E-state index is -0.481. The lowest BCUT2D eigenvalue weighted by Gasteiger charge is -2.36. The molecule has 146 valence electrons. The van der Waals surface area contributed by atoms with E-state index in [-0.39, 0.29) is 30.1 Å². The highest BCUT2D eigenvalue weighted by Crippen LogP contribution is 2.14. The van der Waals surface area contributed by atoms with Gasteiger partial charge in [-0.05, 0) is 38.5 Å². The lowest BCUT2D eigenvalue weighted by Crippen LogP contribution is -2.53. The van der Waals surface area contributed by atoms with Crippen LogP contribution in [-0.4, -0.2) is 60.7 Å². The van der Waals surface area contributed by atoms with Crippen LogP contribution in [0.4, 0.5) is 4.79 Å². The molecule has 2 rings (SSSR count). The first-order chi connectivity index (χ1) is 11.8. The van der Waals surface area contributed by atoms with Gasteiger partial charge in [-0.3, -0.25) is 0 Å². The first kappa shape index (κ1) is 22.3. The van der Waals surface area contributed by atoms with Crippen LogP contribution in [0, 0.1) is 0 Å². The van der Waals surface area contributed by atoms with Crippen LogP contribution in [-0.2, 0) is 11.3 Å². The average Bonchev–Trinajstić information content (AvgIpc) is 2.58. The summed E-state index contributed by atoms with van der Waals surface area (Å²) >= 11 is 0. The van der Waals surface area contributed by atoms with Crippen molar-refractivity contribution in [3.63, 3.8) is 0 Å². The fourth-order valence-electron chi connectivity index (χ4n) is 2.49. The van der Waals surface area contributed by atoms with Gasteiger partial charge in [0, 0.05) is 26.2 Å². The van der Waals surface area contributed by atoms with E-state index in [1.165, 1.54) is 0 Å². The standard InChI is InChI=1S/C18H28N4O3.HI/c1-18(2,3)25-17(23)22-10-8-21(9-11-22)16(19)20-13-14-6-5-7-15(12-14)24-4;/h5-7,12H,8-11,13H2,1-4H3,(H2,19,20);1H. The number of aliphatic imine (C=N–C) groups is 1. The normalized spacial score (nSPS) is 15.3. The maximum atomic E-state index is 12.1. The molecule has 1 aromatic carbocycles. The molecule has 0 bridgehead atoms. The molecule has 0 spiro atoms. The fourth-order valence-corrected chi connectivity index (χ4v) is 2.49. The van der Waals surface area contributed by atoms with Crippen molar-refractivity contribution in [3.8, 4) is 5.75 Å². The quantitative estimate of drug-likeness (QED) is 0.412. The molecular formula is C18H29IN4O3. The lowest BCUT2D eigenvalue weighted by molar-refractivity contribution is 0.0186. The molecule has 1 aliphatic heterocycles. The van der Waals surface area contributed by atoms with Crippen molar-refractivity contribution < 1.29 is 14.3 Å². The van der Waals surface area contributed by atoms with Crippen LogP contribution in [0.3, 0.4) is 0 Å². The van der Waals surface area contributed by atoms with Crippen molar-refractivity contribution >= 4 is 36.0 Å². The third-order valence-corrected chi connectivity index (χ3v) is 3.81. The Morgan fingerprint density at radius 2 is 1.81 bits per heavy atom. The topological polar surface area (TPSA) is 80.4 Å². The molecule has 0 saturated carbocycles. The number of carbonyl (C=O) groups is 1. The SMILES string of the molecule is COc1cccc(CN=C(N)N2CCN(C(=O)OC(C)(C)C)CC2)c1.I. The van der Waals surface area contributed by atoms with Crippen molar-refractivity contribution in [2.24, 2.45) is 10.7 Å². The van der Waals surface area contributed by atoms with Crippen LogP contribution < -0.4 is 10.5 Å². The van der Waals surface area contributed by atoms with E-state index in [2.05, 4.69) is 4.99 Å². The number of hydrogen-bond acceptors (Lipinski definition) is 4. The van der Waals surface area contributed by atoms with Gasteiger partial charge in [-0.2, -0.15) is 0 Å². The van der Waals surface area contributed by atoms with Crippen molar-refractivity contribution in [1.29, 1.82) is 0 Å². The van der Waals surface area contributed by atoms with Gasteiger partial charge in [0.25, 0.3) is 0 Å². The van der Waals surface area contributed by atoms with Crippen molar-refractivity contribution in [3.05, 3.63) is 29.8 Å². The third-order valence-electron chi connectivity index (χ3n) is 3.81. The van der Waals surface area contributed by atoms with Crippen molar-refractivity contribution in [2.75, 3.05) is 33.3 Å². The molecule has 1 saturated heterocycles. The van der Waals surface area contributed by atoms with Crippen LogP contribution in [0.15, 0.2) is 29.3 Å². The van der Waals surface area contributed by atoms with E-state index >= 15 is 0 Å². The Morgan fingerprint density at radius 3 is 2.38 bits per heavy atom. The van der Waals surface area contributed by atoms with Crippen LogP contribution in [0.25, 0.3) is 0 Å². The number of guanidine groups is 1. The van der Waals surface area contributed by atoms with Crippen LogP contribution in [0.2, 0.25) is 0 Å². The second-order valence-corrected chi connectivity index (χ2v) is 6.98. The van der Waals surface area contributed by atoms with E-state index in [0.29, 0.717) is 38.7 Å². The minimum Gasteiger partial charge on any atom is -0.497 e. The summed E-state index contributed by atoms with van der Waals surface area (Å²) in [6.45, 7) is 8.53. The highest BCUT2D eigenvalue weighted by atomic mass is 127. The number of carbonyl (C=O) groups excluding carboxylic acids is 1. The van der Waals surface area contributed by atoms with Crippen LogP contribution in [0.5, 0.6) is 5.75 Å². The molecule has 0 radical (unpaired) electrons. The summed E-state index contributed by atoms with van der Waals surface area (Å²) in [6, 6.07) is 7.75.